The maximum absolute atomic E-state index is 12.3. The molecule has 0 aromatic heterocycles. The quantitative estimate of drug-likeness (QED) is 0.620. The molecule has 1 fully saturated rings. The van der Waals surface area contributed by atoms with Crippen molar-refractivity contribution in [2.75, 3.05) is 6.54 Å². The molecule has 2 amide bonds. The molecule has 2 N–H and O–H groups in total. The van der Waals surface area contributed by atoms with Gasteiger partial charge >= 0.3 is 12.2 Å². The molecule has 150 valence electrons. The van der Waals surface area contributed by atoms with Gasteiger partial charge in [0.05, 0.1) is 18.1 Å². The number of amides is 2. The van der Waals surface area contributed by atoms with Crippen LogP contribution in [0.2, 0.25) is 0 Å². The van der Waals surface area contributed by atoms with Gasteiger partial charge in [-0.3, -0.25) is 9.80 Å². The molecule has 0 bridgehead atoms. The average molecular weight is 441 g/mol. The molecule has 1 saturated heterocycles. The Hall–Kier alpha value is -1.76. The highest BCUT2D eigenvalue weighted by Crippen LogP contribution is 2.45. The molecule has 1 aromatic rings. The number of carboxylic acid groups (broad SMARTS) is 2. The summed E-state index contributed by atoms with van der Waals surface area (Å²) in [6, 6.07) is 5.89. The molecule has 27 heavy (non-hydrogen) atoms. The molecule has 1 aromatic carbocycles. The van der Waals surface area contributed by atoms with Crippen LogP contribution >= 0.6 is 15.9 Å². The van der Waals surface area contributed by atoms with Crippen LogP contribution in [0.4, 0.5) is 9.59 Å². The SMILES string of the molecule is CC(C)(C)C1CN(C(=O)O)[C@H](c2ccc(Br)cc2)C(C(C)(C)C)N1C(=O)O. The first-order chi connectivity index (χ1) is 12.2. The molecule has 2 rings (SSSR count). The van der Waals surface area contributed by atoms with Crippen molar-refractivity contribution in [2.45, 2.75) is 59.7 Å². The van der Waals surface area contributed by atoms with Crippen molar-refractivity contribution < 1.29 is 19.8 Å². The van der Waals surface area contributed by atoms with E-state index in [0.717, 1.165) is 10.0 Å². The van der Waals surface area contributed by atoms with Crippen LogP contribution in [0.5, 0.6) is 0 Å². The first-order valence-electron chi connectivity index (χ1n) is 9.01. The van der Waals surface area contributed by atoms with E-state index in [4.69, 9.17) is 0 Å². The number of benzene rings is 1. The Bertz CT molecular complexity index is 706. The van der Waals surface area contributed by atoms with Crippen molar-refractivity contribution in [3.8, 4) is 0 Å². The predicted octanol–water partition coefficient (Wildman–Crippen LogP) is 5.29. The molecule has 1 aliphatic heterocycles. The fourth-order valence-corrected chi connectivity index (χ4v) is 4.22. The summed E-state index contributed by atoms with van der Waals surface area (Å²) in [6.45, 7) is 11.9. The van der Waals surface area contributed by atoms with Gasteiger partial charge in [0, 0.05) is 11.0 Å². The highest BCUT2D eigenvalue weighted by atomic mass is 79.9. The van der Waals surface area contributed by atoms with E-state index < -0.39 is 41.1 Å². The third-order valence-electron chi connectivity index (χ3n) is 5.21. The molecule has 0 radical (unpaired) electrons. The fourth-order valence-electron chi connectivity index (χ4n) is 3.96. The number of rotatable bonds is 1. The van der Waals surface area contributed by atoms with Gasteiger partial charge in [0.15, 0.2) is 0 Å². The largest absolute Gasteiger partial charge is 0.465 e. The fraction of sp³-hybridized carbons (Fsp3) is 0.600. The molecule has 1 heterocycles. The Labute approximate surface area is 169 Å². The minimum atomic E-state index is -1.03. The lowest BCUT2D eigenvalue weighted by Gasteiger charge is -2.57. The highest BCUT2D eigenvalue weighted by Gasteiger charge is 2.53. The van der Waals surface area contributed by atoms with Crippen molar-refractivity contribution in [1.29, 1.82) is 0 Å². The Morgan fingerprint density at radius 1 is 0.963 bits per heavy atom. The summed E-state index contributed by atoms with van der Waals surface area (Å²) in [7, 11) is 0. The summed E-state index contributed by atoms with van der Waals surface area (Å²) >= 11 is 3.40. The first kappa shape index (κ1) is 21.5. The second-order valence-corrected chi connectivity index (χ2v) is 10.2. The third kappa shape index (κ3) is 4.39. The van der Waals surface area contributed by atoms with Gasteiger partial charge in [-0.2, -0.15) is 0 Å². The van der Waals surface area contributed by atoms with Crippen molar-refractivity contribution in [3.63, 3.8) is 0 Å². The van der Waals surface area contributed by atoms with Gasteiger partial charge in [-0.15, -0.1) is 0 Å². The zero-order chi connectivity index (χ0) is 20.7. The predicted molar refractivity (Wildman–Crippen MR) is 108 cm³/mol. The number of piperazine rings is 1. The minimum absolute atomic E-state index is 0.137. The molecule has 1 aliphatic rings. The average Bonchev–Trinajstić information content (AvgIpc) is 2.51. The summed E-state index contributed by atoms with van der Waals surface area (Å²) in [5.41, 5.74) is -0.0762. The molecule has 3 atom stereocenters. The van der Waals surface area contributed by atoms with E-state index in [-0.39, 0.29) is 6.54 Å². The molecule has 0 saturated carbocycles. The number of halogens is 1. The van der Waals surface area contributed by atoms with Crippen molar-refractivity contribution in [1.82, 2.24) is 9.80 Å². The van der Waals surface area contributed by atoms with Crippen LogP contribution < -0.4 is 0 Å². The standard InChI is InChI=1S/C20H29BrN2O4/c1-19(2,3)14-11-22(17(24)25)15(12-7-9-13(21)10-8-12)16(20(4,5)6)23(14)18(26)27/h7-10,14-16H,11H2,1-6H3,(H,24,25)(H,26,27)/t14?,15-,16?/m1/s1. The third-order valence-corrected chi connectivity index (χ3v) is 5.73. The highest BCUT2D eigenvalue weighted by molar-refractivity contribution is 9.10. The van der Waals surface area contributed by atoms with Gasteiger partial charge in [-0.05, 0) is 28.5 Å². The van der Waals surface area contributed by atoms with Crippen LogP contribution in [-0.4, -0.2) is 50.8 Å². The van der Waals surface area contributed by atoms with Crippen molar-refractivity contribution >= 4 is 28.1 Å². The van der Waals surface area contributed by atoms with Crippen molar-refractivity contribution in [2.24, 2.45) is 10.8 Å². The summed E-state index contributed by atoms with van der Waals surface area (Å²) < 4.78 is 0.888. The Balaban J connectivity index is 2.71. The Morgan fingerprint density at radius 2 is 1.48 bits per heavy atom. The van der Waals surface area contributed by atoms with E-state index in [1.54, 1.807) is 0 Å². The van der Waals surface area contributed by atoms with Crippen molar-refractivity contribution in [3.05, 3.63) is 34.3 Å². The Morgan fingerprint density at radius 3 is 1.85 bits per heavy atom. The van der Waals surface area contributed by atoms with Crippen LogP contribution in [0.25, 0.3) is 0 Å². The second kappa shape index (κ2) is 7.34. The zero-order valence-electron chi connectivity index (χ0n) is 16.7. The number of hydrogen-bond acceptors (Lipinski definition) is 2. The maximum atomic E-state index is 12.3. The lowest BCUT2D eigenvalue weighted by atomic mass is 9.73. The topological polar surface area (TPSA) is 81.1 Å². The van der Waals surface area contributed by atoms with Gasteiger partial charge in [-0.25, -0.2) is 9.59 Å². The van der Waals surface area contributed by atoms with E-state index in [1.165, 1.54) is 9.80 Å². The summed E-state index contributed by atoms with van der Waals surface area (Å²) in [5, 5.41) is 20.1. The molecule has 7 heteroatoms. The molecular formula is C20H29BrN2O4. The first-order valence-corrected chi connectivity index (χ1v) is 9.80. The maximum Gasteiger partial charge on any atom is 0.407 e. The van der Waals surface area contributed by atoms with E-state index in [1.807, 2.05) is 65.8 Å². The number of hydrogen-bond donors (Lipinski definition) is 2. The molecule has 0 aliphatic carbocycles. The van der Waals surface area contributed by atoms with Crippen LogP contribution in [0.1, 0.15) is 53.1 Å². The second-order valence-electron chi connectivity index (χ2n) is 9.31. The summed E-state index contributed by atoms with van der Waals surface area (Å²) in [5.74, 6) is 0. The van der Waals surface area contributed by atoms with E-state index >= 15 is 0 Å². The number of carbonyl (C=O) groups is 2. The smallest absolute Gasteiger partial charge is 0.407 e. The Kier molecular flexibility index (Phi) is 5.85. The number of nitrogens with zero attached hydrogens (tertiary/aromatic N) is 2. The monoisotopic (exact) mass is 440 g/mol. The van der Waals surface area contributed by atoms with Crippen LogP contribution in [0.3, 0.4) is 0 Å². The summed E-state index contributed by atoms with van der Waals surface area (Å²) in [6.07, 6.45) is -2.04. The van der Waals surface area contributed by atoms with Gasteiger partial charge < -0.3 is 10.2 Å². The normalized spacial score (nSPS) is 24.0. The van der Waals surface area contributed by atoms with Crippen LogP contribution in [0.15, 0.2) is 28.7 Å². The van der Waals surface area contributed by atoms with Gasteiger partial charge in [0.1, 0.15) is 0 Å². The zero-order valence-corrected chi connectivity index (χ0v) is 18.3. The molecule has 2 unspecified atom stereocenters. The van der Waals surface area contributed by atoms with Gasteiger partial charge in [0.2, 0.25) is 0 Å². The van der Waals surface area contributed by atoms with Crippen LogP contribution in [0, 0.1) is 10.8 Å². The lowest BCUT2D eigenvalue weighted by Crippen LogP contribution is -2.68. The van der Waals surface area contributed by atoms with E-state index in [9.17, 15) is 19.8 Å². The van der Waals surface area contributed by atoms with Crippen LogP contribution in [-0.2, 0) is 0 Å². The molecular weight excluding hydrogens is 412 g/mol. The van der Waals surface area contributed by atoms with E-state index in [0.29, 0.717) is 0 Å². The molecule has 6 nitrogen and oxygen atoms in total. The van der Waals surface area contributed by atoms with Gasteiger partial charge in [0.25, 0.3) is 0 Å². The molecule has 0 spiro atoms. The lowest BCUT2D eigenvalue weighted by molar-refractivity contribution is -0.0723. The minimum Gasteiger partial charge on any atom is -0.465 e. The van der Waals surface area contributed by atoms with Gasteiger partial charge in [-0.1, -0.05) is 69.6 Å². The van der Waals surface area contributed by atoms with E-state index in [2.05, 4.69) is 15.9 Å². The summed E-state index contributed by atoms with van der Waals surface area (Å²) in [4.78, 5) is 27.4.